The van der Waals surface area contributed by atoms with Gasteiger partial charge in [0.1, 0.15) is 0 Å². The third-order valence-corrected chi connectivity index (χ3v) is 3.82. The van der Waals surface area contributed by atoms with Crippen LogP contribution in [0, 0.1) is 0 Å². The van der Waals surface area contributed by atoms with E-state index in [2.05, 4.69) is 21.8 Å². The molecule has 0 aromatic heterocycles. The number of ether oxygens (including phenoxy) is 1. The van der Waals surface area contributed by atoms with Gasteiger partial charge >= 0.3 is 5.97 Å². The molecule has 1 N–H and O–H groups in total. The highest BCUT2D eigenvalue weighted by Gasteiger charge is 2.20. The summed E-state index contributed by atoms with van der Waals surface area (Å²) in [6.07, 6.45) is 0.507. The largest absolute Gasteiger partial charge is 0.469 e. The molecule has 1 heterocycles. The zero-order valence-corrected chi connectivity index (χ0v) is 11.9. The monoisotopic (exact) mass is 283 g/mol. The first kappa shape index (κ1) is 14.2. The number of halogens is 1. The molecule has 0 spiro atoms. The van der Waals surface area contributed by atoms with Crippen LogP contribution in [0.3, 0.4) is 0 Å². The SMILES string of the molecule is COC(=O)CC[NH+]1CCN(c2ccc(Cl)cc2)CC1. The van der Waals surface area contributed by atoms with Gasteiger partial charge in [0.15, 0.2) is 0 Å². The molecule has 1 aliphatic heterocycles. The molecule has 0 radical (unpaired) electrons. The van der Waals surface area contributed by atoms with Crippen molar-refractivity contribution in [2.45, 2.75) is 6.42 Å². The number of carbonyl (C=O) groups excluding carboxylic acids is 1. The fourth-order valence-electron chi connectivity index (χ4n) is 2.36. The number of rotatable bonds is 4. The average Bonchev–Trinajstić information content (AvgIpc) is 2.46. The molecule has 0 atom stereocenters. The first-order valence-electron chi connectivity index (χ1n) is 6.60. The Morgan fingerprint density at radius 3 is 2.53 bits per heavy atom. The predicted molar refractivity (Wildman–Crippen MR) is 75.9 cm³/mol. The van der Waals surface area contributed by atoms with E-state index in [0.29, 0.717) is 6.42 Å². The Kier molecular flexibility index (Phi) is 5.05. The molecule has 4 nitrogen and oxygen atoms in total. The molecule has 0 unspecified atom stereocenters. The third-order valence-electron chi connectivity index (χ3n) is 3.57. The zero-order chi connectivity index (χ0) is 13.7. The quantitative estimate of drug-likeness (QED) is 0.822. The lowest BCUT2D eigenvalue weighted by molar-refractivity contribution is -0.900. The number of methoxy groups -OCH3 is 1. The number of quaternary nitrogens is 1. The van der Waals surface area contributed by atoms with Gasteiger partial charge in [-0.2, -0.15) is 0 Å². The molecule has 19 heavy (non-hydrogen) atoms. The van der Waals surface area contributed by atoms with E-state index in [1.807, 2.05) is 12.1 Å². The fraction of sp³-hybridized carbons (Fsp3) is 0.500. The number of esters is 1. The summed E-state index contributed by atoms with van der Waals surface area (Å²) in [5, 5.41) is 0.770. The fourth-order valence-corrected chi connectivity index (χ4v) is 2.49. The molecule has 1 aromatic carbocycles. The van der Waals surface area contributed by atoms with Crippen LogP contribution in [0.1, 0.15) is 6.42 Å². The topological polar surface area (TPSA) is 34.0 Å². The van der Waals surface area contributed by atoms with E-state index in [0.717, 1.165) is 37.7 Å². The number of benzene rings is 1. The van der Waals surface area contributed by atoms with Gasteiger partial charge in [0.2, 0.25) is 0 Å². The van der Waals surface area contributed by atoms with Crippen LogP contribution in [-0.2, 0) is 9.53 Å². The molecule has 2 rings (SSSR count). The Morgan fingerprint density at radius 1 is 1.32 bits per heavy atom. The summed E-state index contributed by atoms with van der Waals surface area (Å²) >= 11 is 5.89. The lowest BCUT2D eigenvalue weighted by Crippen LogP contribution is -3.15. The molecule has 0 saturated carbocycles. The maximum Gasteiger partial charge on any atom is 0.311 e. The molecule has 5 heteroatoms. The minimum atomic E-state index is -0.118. The van der Waals surface area contributed by atoms with Gasteiger partial charge in [0, 0.05) is 10.7 Å². The van der Waals surface area contributed by atoms with Crippen molar-refractivity contribution in [3.63, 3.8) is 0 Å². The van der Waals surface area contributed by atoms with E-state index in [9.17, 15) is 4.79 Å². The van der Waals surface area contributed by atoms with Crippen LogP contribution in [0.5, 0.6) is 0 Å². The van der Waals surface area contributed by atoms with Crippen molar-refractivity contribution in [1.82, 2.24) is 0 Å². The first-order chi connectivity index (χ1) is 9.19. The standard InChI is InChI=1S/C14H19ClN2O2/c1-19-14(18)6-7-16-8-10-17(11-9-16)13-4-2-12(15)3-5-13/h2-5H,6-11H2,1H3/p+1. The number of carbonyl (C=O) groups is 1. The van der Waals surface area contributed by atoms with Crippen molar-refractivity contribution in [3.8, 4) is 0 Å². The van der Waals surface area contributed by atoms with Gasteiger partial charge < -0.3 is 14.5 Å². The Labute approximate surface area is 118 Å². The average molecular weight is 284 g/mol. The lowest BCUT2D eigenvalue weighted by atomic mass is 10.2. The number of hydrogen-bond donors (Lipinski definition) is 1. The normalized spacial score (nSPS) is 16.4. The molecule has 1 saturated heterocycles. The summed E-state index contributed by atoms with van der Waals surface area (Å²) in [5.74, 6) is -0.118. The number of piperazine rings is 1. The van der Waals surface area contributed by atoms with E-state index in [4.69, 9.17) is 11.6 Å². The second-order valence-corrected chi connectivity index (χ2v) is 5.23. The first-order valence-corrected chi connectivity index (χ1v) is 6.98. The molecular weight excluding hydrogens is 264 g/mol. The van der Waals surface area contributed by atoms with Gasteiger partial charge in [-0.1, -0.05) is 11.6 Å². The van der Waals surface area contributed by atoms with Gasteiger partial charge in [-0.25, -0.2) is 0 Å². The van der Waals surface area contributed by atoms with Gasteiger partial charge in [-0.15, -0.1) is 0 Å². The Bertz CT molecular complexity index is 414. The van der Waals surface area contributed by atoms with Crippen LogP contribution in [0.2, 0.25) is 5.02 Å². The van der Waals surface area contributed by atoms with Crippen LogP contribution >= 0.6 is 11.6 Å². The van der Waals surface area contributed by atoms with Gasteiger partial charge in [-0.3, -0.25) is 4.79 Å². The van der Waals surface area contributed by atoms with Crippen LogP contribution in [0.4, 0.5) is 5.69 Å². The Morgan fingerprint density at radius 2 is 1.95 bits per heavy atom. The minimum Gasteiger partial charge on any atom is -0.469 e. The minimum absolute atomic E-state index is 0.118. The smallest absolute Gasteiger partial charge is 0.311 e. The Balaban J connectivity index is 1.79. The molecule has 0 bridgehead atoms. The summed E-state index contributed by atoms with van der Waals surface area (Å²) in [5.41, 5.74) is 1.22. The summed E-state index contributed by atoms with van der Waals surface area (Å²) in [6.45, 7) is 5.00. The maximum atomic E-state index is 11.1. The van der Waals surface area contributed by atoms with E-state index in [-0.39, 0.29) is 5.97 Å². The van der Waals surface area contributed by atoms with Crippen molar-refractivity contribution in [1.29, 1.82) is 0 Å². The Hall–Kier alpha value is -1.26. The predicted octanol–water partition coefficient (Wildman–Crippen LogP) is 0.608. The summed E-state index contributed by atoms with van der Waals surface area (Å²) < 4.78 is 4.67. The highest BCUT2D eigenvalue weighted by molar-refractivity contribution is 6.30. The van der Waals surface area contributed by atoms with E-state index >= 15 is 0 Å². The van der Waals surface area contributed by atoms with Gasteiger partial charge in [-0.05, 0) is 24.3 Å². The highest BCUT2D eigenvalue weighted by atomic mass is 35.5. The van der Waals surface area contributed by atoms with E-state index in [1.165, 1.54) is 17.7 Å². The van der Waals surface area contributed by atoms with Gasteiger partial charge in [0.25, 0.3) is 0 Å². The molecule has 1 aliphatic rings. The van der Waals surface area contributed by atoms with Crippen LogP contribution < -0.4 is 9.80 Å². The van der Waals surface area contributed by atoms with Gasteiger partial charge in [0.05, 0.1) is 46.3 Å². The molecule has 1 aromatic rings. The molecule has 0 aliphatic carbocycles. The van der Waals surface area contributed by atoms with Crippen LogP contribution in [-0.4, -0.2) is 45.8 Å². The van der Waals surface area contributed by atoms with Crippen molar-refractivity contribution in [2.75, 3.05) is 44.7 Å². The number of nitrogens with zero attached hydrogens (tertiary/aromatic N) is 1. The van der Waals surface area contributed by atoms with Crippen molar-refractivity contribution in [3.05, 3.63) is 29.3 Å². The highest BCUT2D eigenvalue weighted by Crippen LogP contribution is 2.17. The van der Waals surface area contributed by atoms with Crippen LogP contribution in [0.25, 0.3) is 0 Å². The summed E-state index contributed by atoms with van der Waals surface area (Å²) in [7, 11) is 1.44. The number of hydrogen-bond acceptors (Lipinski definition) is 3. The van der Waals surface area contributed by atoms with Crippen molar-refractivity contribution in [2.24, 2.45) is 0 Å². The molecule has 104 valence electrons. The van der Waals surface area contributed by atoms with E-state index < -0.39 is 0 Å². The van der Waals surface area contributed by atoms with Crippen molar-refractivity contribution < 1.29 is 14.4 Å². The summed E-state index contributed by atoms with van der Waals surface area (Å²) in [4.78, 5) is 14.9. The maximum absolute atomic E-state index is 11.1. The van der Waals surface area contributed by atoms with Crippen LogP contribution in [0.15, 0.2) is 24.3 Å². The lowest BCUT2D eigenvalue weighted by Gasteiger charge is -2.33. The van der Waals surface area contributed by atoms with E-state index in [1.54, 1.807) is 0 Å². The zero-order valence-electron chi connectivity index (χ0n) is 11.2. The second-order valence-electron chi connectivity index (χ2n) is 4.79. The van der Waals surface area contributed by atoms with Crippen molar-refractivity contribution >= 4 is 23.3 Å². The number of anilines is 1. The second kappa shape index (κ2) is 6.78. The molecular formula is C14H20ClN2O2+. The summed E-state index contributed by atoms with van der Waals surface area (Å²) in [6, 6.07) is 7.96. The third kappa shape index (κ3) is 4.11. The number of nitrogens with one attached hydrogen (secondary N) is 1. The molecule has 0 amide bonds. The molecule has 1 fully saturated rings.